The van der Waals surface area contributed by atoms with Crippen LogP contribution in [0.5, 0.6) is 0 Å². The largest absolute Gasteiger partial charge is 0.465 e. The highest BCUT2D eigenvalue weighted by atomic mass is 32.2. The van der Waals surface area contributed by atoms with Crippen molar-refractivity contribution in [2.24, 2.45) is 0 Å². The molecule has 0 spiro atoms. The van der Waals surface area contributed by atoms with E-state index in [1.54, 1.807) is 32.0 Å². The molecule has 24 heavy (non-hydrogen) atoms. The van der Waals surface area contributed by atoms with E-state index in [9.17, 15) is 18.0 Å². The molecule has 8 heteroatoms. The van der Waals surface area contributed by atoms with Crippen LogP contribution in [-0.2, 0) is 14.6 Å². The number of carbonyl (C=O) groups is 2. The molecule has 1 aromatic heterocycles. The van der Waals surface area contributed by atoms with Gasteiger partial charge in [-0.1, -0.05) is 12.1 Å². The van der Waals surface area contributed by atoms with E-state index in [1.807, 2.05) is 0 Å². The van der Waals surface area contributed by atoms with Crippen LogP contribution in [-0.4, -0.2) is 32.7 Å². The quantitative estimate of drug-likeness (QED) is 0.821. The second-order valence-corrected chi connectivity index (χ2v) is 8.76. The lowest BCUT2D eigenvalue weighted by Crippen LogP contribution is -2.20. The van der Waals surface area contributed by atoms with Crippen molar-refractivity contribution in [2.75, 3.05) is 12.4 Å². The summed E-state index contributed by atoms with van der Waals surface area (Å²) in [6, 6.07) is 9.14. The van der Waals surface area contributed by atoms with E-state index in [4.69, 9.17) is 0 Å². The number of anilines is 1. The Labute approximate surface area is 144 Å². The minimum absolute atomic E-state index is 0.0118. The second kappa shape index (κ2) is 7.14. The van der Waals surface area contributed by atoms with Crippen LogP contribution in [0.2, 0.25) is 0 Å². The molecule has 2 aromatic rings. The van der Waals surface area contributed by atoms with Gasteiger partial charge in [0, 0.05) is 0 Å². The van der Waals surface area contributed by atoms with Crippen LogP contribution in [0.1, 0.15) is 33.9 Å². The Morgan fingerprint density at radius 1 is 1.12 bits per heavy atom. The van der Waals surface area contributed by atoms with Crippen molar-refractivity contribution < 1.29 is 22.7 Å². The Kier molecular flexibility index (Phi) is 5.40. The van der Waals surface area contributed by atoms with Crippen LogP contribution in [0.3, 0.4) is 0 Å². The molecule has 0 aliphatic rings. The molecule has 0 bridgehead atoms. The summed E-state index contributed by atoms with van der Waals surface area (Å²) < 4.78 is 29.4. The van der Waals surface area contributed by atoms with E-state index in [-0.39, 0.29) is 10.5 Å². The van der Waals surface area contributed by atoms with Gasteiger partial charge in [-0.25, -0.2) is 13.2 Å². The molecule has 0 radical (unpaired) electrons. The van der Waals surface area contributed by atoms with Crippen molar-refractivity contribution >= 4 is 38.1 Å². The minimum atomic E-state index is -3.59. The van der Waals surface area contributed by atoms with E-state index in [0.29, 0.717) is 9.88 Å². The lowest BCUT2D eigenvalue weighted by Gasteiger charge is -2.12. The third-order valence-electron chi connectivity index (χ3n) is 3.29. The highest BCUT2D eigenvalue weighted by Crippen LogP contribution is 2.25. The topological polar surface area (TPSA) is 89.5 Å². The fraction of sp³-hybridized carbons (Fsp3) is 0.250. The highest BCUT2D eigenvalue weighted by molar-refractivity contribution is 7.92. The second-order valence-electron chi connectivity index (χ2n) is 5.20. The number of benzene rings is 1. The fourth-order valence-electron chi connectivity index (χ4n) is 1.95. The van der Waals surface area contributed by atoms with Crippen LogP contribution in [0.15, 0.2) is 41.3 Å². The van der Waals surface area contributed by atoms with Gasteiger partial charge < -0.3 is 10.1 Å². The monoisotopic (exact) mass is 367 g/mol. The molecule has 1 aromatic carbocycles. The van der Waals surface area contributed by atoms with Crippen molar-refractivity contribution in [1.29, 1.82) is 0 Å². The molecule has 0 saturated heterocycles. The molecule has 128 valence electrons. The van der Waals surface area contributed by atoms with Gasteiger partial charge in [0.25, 0.3) is 5.91 Å². The number of thiophene rings is 1. The third kappa shape index (κ3) is 3.65. The molecule has 0 unspecified atom stereocenters. The average molecular weight is 367 g/mol. The van der Waals surface area contributed by atoms with Gasteiger partial charge in [-0.05, 0) is 38.1 Å². The zero-order chi connectivity index (χ0) is 17.9. The van der Waals surface area contributed by atoms with Crippen LogP contribution >= 0.6 is 11.3 Å². The van der Waals surface area contributed by atoms with Gasteiger partial charge in [0.2, 0.25) is 0 Å². The van der Waals surface area contributed by atoms with Crippen LogP contribution in [0, 0.1) is 0 Å². The molecular formula is C16H17NO5S2. The number of rotatable bonds is 5. The summed E-state index contributed by atoms with van der Waals surface area (Å²) in [5, 5.41) is 2.40. The predicted octanol–water partition coefficient (Wildman–Crippen LogP) is 2.97. The molecule has 0 atom stereocenters. The molecule has 1 N–H and O–H groups in total. The summed E-state index contributed by atoms with van der Waals surface area (Å²) in [6.45, 7) is 3.12. The Bertz CT molecular complexity index is 868. The van der Waals surface area contributed by atoms with Crippen molar-refractivity contribution in [3.05, 3.63) is 46.8 Å². The minimum Gasteiger partial charge on any atom is -0.465 e. The number of methoxy groups -OCH3 is 1. The summed E-state index contributed by atoms with van der Waals surface area (Å²) >= 11 is 1.05. The van der Waals surface area contributed by atoms with Gasteiger partial charge >= 0.3 is 5.97 Å². The van der Waals surface area contributed by atoms with Crippen molar-refractivity contribution in [3.8, 4) is 0 Å². The predicted molar refractivity (Wildman–Crippen MR) is 92.4 cm³/mol. The average Bonchev–Trinajstić information content (AvgIpc) is 3.02. The van der Waals surface area contributed by atoms with Crippen LogP contribution in [0.4, 0.5) is 5.00 Å². The Morgan fingerprint density at radius 3 is 2.42 bits per heavy atom. The summed E-state index contributed by atoms with van der Waals surface area (Å²) in [6.07, 6.45) is 0. The number of esters is 1. The standard InChI is InChI=1S/C16H17NO5S2/c1-10(2)24(20,21)13-7-5-4-6-11(13)15(18)17-14-9-8-12(23-14)16(19)22-3/h4-10H,1-3H3,(H,17,18). The molecular weight excluding hydrogens is 350 g/mol. The van der Waals surface area contributed by atoms with Gasteiger partial charge in [-0.15, -0.1) is 11.3 Å². The smallest absolute Gasteiger partial charge is 0.348 e. The lowest BCUT2D eigenvalue weighted by molar-refractivity contribution is 0.0606. The normalized spacial score (nSPS) is 11.3. The number of hydrogen-bond acceptors (Lipinski definition) is 6. The Balaban J connectivity index is 2.32. The summed E-state index contributed by atoms with van der Waals surface area (Å²) in [5.74, 6) is -1.05. The SMILES string of the molecule is COC(=O)c1ccc(NC(=O)c2ccccc2S(=O)(=O)C(C)C)s1. The Hall–Kier alpha value is -2.19. The zero-order valence-corrected chi connectivity index (χ0v) is 15.0. The first-order chi connectivity index (χ1) is 11.3. The van der Waals surface area contributed by atoms with Crippen molar-refractivity contribution in [2.45, 2.75) is 24.0 Å². The maximum atomic E-state index is 12.5. The lowest BCUT2D eigenvalue weighted by atomic mass is 10.2. The van der Waals surface area contributed by atoms with Gasteiger partial charge in [-0.2, -0.15) is 0 Å². The number of sulfone groups is 1. The molecule has 2 rings (SSSR count). The molecule has 0 fully saturated rings. The van der Waals surface area contributed by atoms with E-state index in [1.165, 1.54) is 25.3 Å². The summed E-state index contributed by atoms with van der Waals surface area (Å²) in [5.41, 5.74) is 0.0687. The summed E-state index contributed by atoms with van der Waals surface area (Å²) in [7, 11) is -2.32. The molecule has 1 amide bonds. The van der Waals surface area contributed by atoms with E-state index >= 15 is 0 Å². The van der Waals surface area contributed by atoms with Gasteiger partial charge in [-0.3, -0.25) is 4.79 Å². The first-order valence-corrected chi connectivity index (χ1v) is 9.46. The van der Waals surface area contributed by atoms with Crippen LogP contribution in [0.25, 0.3) is 0 Å². The number of nitrogens with one attached hydrogen (secondary N) is 1. The van der Waals surface area contributed by atoms with Crippen LogP contribution < -0.4 is 5.32 Å². The molecule has 1 heterocycles. The summed E-state index contributed by atoms with van der Waals surface area (Å²) in [4.78, 5) is 24.2. The number of ether oxygens (including phenoxy) is 1. The van der Waals surface area contributed by atoms with Gasteiger partial charge in [0.1, 0.15) is 4.88 Å². The Morgan fingerprint density at radius 2 is 1.79 bits per heavy atom. The number of carbonyl (C=O) groups excluding carboxylic acids is 2. The first-order valence-electron chi connectivity index (χ1n) is 7.09. The first kappa shape index (κ1) is 18.2. The molecule has 0 aliphatic heterocycles. The third-order valence-corrected chi connectivity index (χ3v) is 6.48. The van der Waals surface area contributed by atoms with Gasteiger partial charge in [0.15, 0.2) is 9.84 Å². The molecule has 0 aliphatic carbocycles. The van der Waals surface area contributed by atoms with Crippen molar-refractivity contribution in [3.63, 3.8) is 0 Å². The highest BCUT2D eigenvalue weighted by Gasteiger charge is 2.25. The number of amides is 1. The van der Waals surface area contributed by atoms with Gasteiger partial charge in [0.05, 0.1) is 27.8 Å². The number of hydrogen-bond donors (Lipinski definition) is 1. The van der Waals surface area contributed by atoms with E-state index < -0.39 is 27.0 Å². The maximum Gasteiger partial charge on any atom is 0.348 e. The van der Waals surface area contributed by atoms with E-state index in [0.717, 1.165) is 11.3 Å². The van der Waals surface area contributed by atoms with Crippen molar-refractivity contribution in [1.82, 2.24) is 0 Å². The maximum absolute atomic E-state index is 12.5. The molecule has 0 saturated carbocycles. The zero-order valence-electron chi connectivity index (χ0n) is 13.4. The fourth-order valence-corrected chi connectivity index (χ4v) is 4.01. The van der Waals surface area contributed by atoms with E-state index in [2.05, 4.69) is 10.1 Å². The molecule has 6 nitrogen and oxygen atoms in total.